The first-order valence-corrected chi connectivity index (χ1v) is 2.59. The van der Waals surface area contributed by atoms with Crippen molar-refractivity contribution in [3.05, 3.63) is 12.7 Å². The third kappa shape index (κ3) is 4.74. The van der Waals surface area contributed by atoms with Crippen LogP contribution in [0.1, 0.15) is 6.42 Å². The van der Waals surface area contributed by atoms with Gasteiger partial charge in [0.2, 0.25) is 0 Å². The molecule has 0 unspecified atom stereocenters. The fourth-order valence-electron chi connectivity index (χ4n) is 0.277. The second kappa shape index (κ2) is 5.03. The van der Waals surface area contributed by atoms with Crippen LogP contribution in [0.15, 0.2) is 12.7 Å². The van der Waals surface area contributed by atoms with Crippen molar-refractivity contribution in [1.82, 2.24) is 0 Å². The van der Waals surface area contributed by atoms with Crippen molar-refractivity contribution in [3.63, 3.8) is 0 Å². The number of carbonyl (C=O) groups is 1. The third-order valence-electron chi connectivity index (χ3n) is 0.673. The van der Waals surface area contributed by atoms with Gasteiger partial charge in [-0.25, -0.2) is 4.79 Å². The van der Waals surface area contributed by atoms with Gasteiger partial charge >= 0.3 is 5.97 Å². The molecule has 9 heavy (non-hydrogen) atoms. The highest BCUT2D eigenvalue weighted by Crippen LogP contribution is 1.80. The Morgan fingerprint density at radius 3 is 2.89 bits per heavy atom. The highest BCUT2D eigenvalue weighted by Gasteiger charge is 1.90. The van der Waals surface area contributed by atoms with Gasteiger partial charge in [-0.15, -0.1) is 0 Å². The summed E-state index contributed by atoms with van der Waals surface area (Å²) in [5, 5.41) is 6.56. The number of hydrogen-bond donors (Lipinski definition) is 1. The predicted octanol–water partition coefficient (Wildman–Crippen LogP) is 0.755. The van der Waals surface area contributed by atoms with Crippen LogP contribution in [0.4, 0.5) is 0 Å². The first-order chi connectivity index (χ1) is 4.31. The molecule has 3 nitrogen and oxygen atoms in total. The first-order valence-electron chi connectivity index (χ1n) is 2.59. The van der Waals surface area contributed by atoms with Crippen molar-refractivity contribution in [2.75, 3.05) is 6.61 Å². The maximum atomic E-state index is 10.3. The lowest BCUT2D eigenvalue weighted by Crippen LogP contribution is -2.01. The summed E-state index contributed by atoms with van der Waals surface area (Å²) in [6.45, 7) is 3.48. The Morgan fingerprint density at radius 1 is 1.78 bits per heavy atom. The van der Waals surface area contributed by atoms with Gasteiger partial charge < -0.3 is 10.1 Å². The highest BCUT2D eigenvalue weighted by atomic mass is 16.5. The van der Waals surface area contributed by atoms with Gasteiger partial charge in [0.05, 0.1) is 6.61 Å². The molecule has 0 aromatic carbocycles. The summed E-state index contributed by atoms with van der Waals surface area (Å²) < 4.78 is 4.52. The number of carbonyl (C=O) groups excluding carboxylic acids is 1. The molecule has 0 saturated heterocycles. The number of nitrogens with one attached hydrogen (secondary N) is 1. The van der Waals surface area contributed by atoms with E-state index >= 15 is 0 Å². The fraction of sp³-hybridized carbons (Fsp3) is 0.333. The standard InChI is InChI=1S/C6H9NO2/c1-2-6(8)9-5-3-4-7/h2,4,7H,1,3,5H2. The number of hydrogen-bond acceptors (Lipinski definition) is 3. The summed E-state index contributed by atoms with van der Waals surface area (Å²) in [7, 11) is 0. The van der Waals surface area contributed by atoms with Gasteiger partial charge in [0.25, 0.3) is 0 Å². The van der Waals surface area contributed by atoms with Gasteiger partial charge in [0, 0.05) is 12.5 Å². The molecule has 0 heterocycles. The third-order valence-corrected chi connectivity index (χ3v) is 0.673. The summed E-state index contributed by atoms with van der Waals surface area (Å²) in [5.41, 5.74) is 0. The van der Waals surface area contributed by atoms with Crippen LogP contribution in [0.3, 0.4) is 0 Å². The van der Waals surface area contributed by atoms with Crippen LogP contribution < -0.4 is 0 Å². The van der Waals surface area contributed by atoms with Crippen molar-refractivity contribution in [3.8, 4) is 0 Å². The van der Waals surface area contributed by atoms with Crippen LogP contribution in [-0.4, -0.2) is 18.8 Å². The molecule has 0 amide bonds. The van der Waals surface area contributed by atoms with Gasteiger partial charge in [-0.1, -0.05) is 6.58 Å². The molecule has 0 radical (unpaired) electrons. The van der Waals surface area contributed by atoms with Gasteiger partial charge in [0.15, 0.2) is 0 Å². The number of ether oxygens (including phenoxy) is 1. The van der Waals surface area contributed by atoms with E-state index in [4.69, 9.17) is 5.41 Å². The zero-order valence-electron chi connectivity index (χ0n) is 5.09. The van der Waals surface area contributed by atoms with Crippen molar-refractivity contribution in [1.29, 1.82) is 5.41 Å². The van der Waals surface area contributed by atoms with E-state index in [1.54, 1.807) is 0 Å². The molecular weight excluding hydrogens is 118 g/mol. The Bertz CT molecular complexity index is 120. The first kappa shape index (κ1) is 7.88. The lowest BCUT2D eigenvalue weighted by atomic mass is 10.5. The van der Waals surface area contributed by atoms with Gasteiger partial charge in [0.1, 0.15) is 0 Å². The van der Waals surface area contributed by atoms with E-state index in [9.17, 15) is 4.79 Å². The minimum absolute atomic E-state index is 0.272. The highest BCUT2D eigenvalue weighted by molar-refractivity contribution is 5.81. The van der Waals surface area contributed by atoms with E-state index in [2.05, 4.69) is 11.3 Å². The van der Waals surface area contributed by atoms with Crippen molar-refractivity contribution in [2.24, 2.45) is 0 Å². The van der Waals surface area contributed by atoms with E-state index < -0.39 is 5.97 Å². The van der Waals surface area contributed by atoms with Gasteiger partial charge in [-0.05, 0) is 6.21 Å². The molecule has 0 bridgehead atoms. The summed E-state index contributed by atoms with van der Waals surface area (Å²) in [6.07, 6.45) is 2.76. The molecule has 0 rings (SSSR count). The lowest BCUT2D eigenvalue weighted by molar-refractivity contribution is -0.137. The second-order valence-electron chi connectivity index (χ2n) is 1.36. The summed E-state index contributed by atoms with van der Waals surface area (Å²) in [4.78, 5) is 10.3. The van der Waals surface area contributed by atoms with Crippen LogP contribution in [0, 0.1) is 5.41 Å². The van der Waals surface area contributed by atoms with E-state index in [1.807, 2.05) is 0 Å². The molecule has 0 aromatic heterocycles. The Labute approximate surface area is 53.8 Å². The topological polar surface area (TPSA) is 50.2 Å². The van der Waals surface area contributed by atoms with Crippen LogP contribution in [0.5, 0.6) is 0 Å². The molecule has 0 aromatic rings. The molecule has 0 atom stereocenters. The monoisotopic (exact) mass is 127 g/mol. The molecule has 0 spiro atoms. The average molecular weight is 127 g/mol. The summed E-state index contributed by atoms with van der Waals surface area (Å²) in [5.74, 6) is -0.433. The largest absolute Gasteiger partial charge is 0.462 e. The molecule has 50 valence electrons. The van der Waals surface area contributed by atoms with Crippen molar-refractivity contribution in [2.45, 2.75) is 6.42 Å². The zero-order valence-corrected chi connectivity index (χ0v) is 5.09. The Balaban J connectivity index is 3.16. The molecule has 0 aliphatic carbocycles. The molecule has 1 N–H and O–H groups in total. The Hall–Kier alpha value is -1.12. The van der Waals surface area contributed by atoms with Crippen molar-refractivity contribution >= 4 is 12.2 Å². The van der Waals surface area contributed by atoms with Crippen LogP contribution in [0.2, 0.25) is 0 Å². The molecule has 3 heteroatoms. The minimum atomic E-state index is -0.433. The SMILES string of the molecule is C=CC(=O)OCCC=N. The molecule has 0 aliphatic rings. The minimum Gasteiger partial charge on any atom is -0.462 e. The van der Waals surface area contributed by atoms with Crippen LogP contribution >= 0.6 is 0 Å². The van der Waals surface area contributed by atoms with E-state index in [0.717, 1.165) is 6.08 Å². The molecule has 0 saturated carbocycles. The molecular formula is C6H9NO2. The van der Waals surface area contributed by atoms with Crippen LogP contribution in [-0.2, 0) is 9.53 Å². The Morgan fingerprint density at radius 2 is 2.44 bits per heavy atom. The maximum Gasteiger partial charge on any atom is 0.330 e. The Kier molecular flexibility index (Phi) is 4.40. The number of esters is 1. The van der Waals surface area contributed by atoms with Crippen molar-refractivity contribution < 1.29 is 9.53 Å². The zero-order chi connectivity index (χ0) is 7.11. The van der Waals surface area contributed by atoms with E-state index in [0.29, 0.717) is 6.42 Å². The van der Waals surface area contributed by atoms with Gasteiger partial charge in [-0.2, -0.15) is 0 Å². The van der Waals surface area contributed by atoms with E-state index in [-0.39, 0.29) is 6.61 Å². The average Bonchev–Trinajstić information content (AvgIpc) is 1.89. The maximum absolute atomic E-state index is 10.3. The quantitative estimate of drug-likeness (QED) is 0.262. The normalized spacial score (nSPS) is 8.00. The summed E-state index contributed by atoms with van der Waals surface area (Å²) >= 11 is 0. The van der Waals surface area contributed by atoms with E-state index in [1.165, 1.54) is 6.21 Å². The summed E-state index contributed by atoms with van der Waals surface area (Å²) in [6, 6.07) is 0. The second-order valence-corrected chi connectivity index (χ2v) is 1.36. The molecule has 0 aliphatic heterocycles. The predicted molar refractivity (Wildman–Crippen MR) is 34.6 cm³/mol. The molecule has 0 fully saturated rings. The lowest BCUT2D eigenvalue weighted by Gasteiger charge is -1.95. The fourth-order valence-corrected chi connectivity index (χ4v) is 0.277. The number of rotatable bonds is 4. The van der Waals surface area contributed by atoms with Gasteiger partial charge in [-0.3, -0.25) is 0 Å². The smallest absolute Gasteiger partial charge is 0.330 e. The van der Waals surface area contributed by atoms with Crippen LogP contribution in [0.25, 0.3) is 0 Å².